The molecule has 0 bridgehead atoms. The minimum Gasteiger partial charge on any atom is -0.348 e. The van der Waals surface area contributed by atoms with E-state index in [1.807, 2.05) is 0 Å². The summed E-state index contributed by atoms with van der Waals surface area (Å²) in [4.78, 5) is 0. The molecule has 2 aromatic rings. The van der Waals surface area contributed by atoms with Crippen LogP contribution in [0.15, 0.2) is 18.2 Å². The molecule has 0 saturated heterocycles. The first-order chi connectivity index (χ1) is 12.3. The molecule has 5 rings (SSSR count). The highest BCUT2D eigenvalue weighted by atomic mass is 14.9. The maximum Gasteiger partial charge on any atom is 0.0482 e. The van der Waals surface area contributed by atoms with Crippen molar-refractivity contribution in [2.75, 3.05) is 0 Å². The molecule has 0 aliphatic heterocycles. The lowest BCUT2D eigenvalue weighted by Gasteiger charge is -2.53. The van der Waals surface area contributed by atoms with Gasteiger partial charge in [-0.15, -0.1) is 0 Å². The summed E-state index contributed by atoms with van der Waals surface area (Å²) < 4.78 is 2.36. The van der Waals surface area contributed by atoms with Gasteiger partial charge in [-0.05, 0) is 96.8 Å². The summed E-state index contributed by atoms with van der Waals surface area (Å²) in [5.74, 6) is 5.24. The molecule has 2 fully saturated rings. The fourth-order valence-corrected chi connectivity index (χ4v) is 7.79. The van der Waals surface area contributed by atoms with Gasteiger partial charge in [-0.3, -0.25) is 0 Å². The van der Waals surface area contributed by atoms with Gasteiger partial charge < -0.3 is 4.57 Å². The van der Waals surface area contributed by atoms with Crippen LogP contribution in [0.25, 0.3) is 10.9 Å². The van der Waals surface area contributed by atoms with Crippen molar-refractivity contribution in [3.8, 4) is 0 Å². The number of benzene rings is 1. The SMILES string of the molecule is Cc1cc2c3c(ccc2n1C)C1C(C)C[C@]2(C)C(C)C(C)CC2C1CC3. The van der Waals surface area contributed by atoms with Crippen LogP contribution < -0.4 is 0 Å². The molecule has 1 nitrogen and oxygen atoms in total. The zero-order valence-electron chi connectivity index (χ0n) is 17.5. The van der Waals surface area contributed by atoms with Crippen molar-refractivity contribution < 1.29 is 0 Å². The molecule has 0 spiro atoms. The first-order valence-corrected chi connectivity index (χ1v) is 10.9. The van der Waals surface area contributed by atoms with Crippen LogP contribution in [0.4, 0.5) is 0 Å². The quantitative estimate of drug-likeness (QED) is 0.513. The van der Waals surface area contributed by atoms with E-state index in [0.717, 1.165) is 35.5 Å². The summed E-state index contributed by atoms with van der Waals surface area (Å²) in [6, 6.07) is 7.35. The van der Waals surface area contributed by atoms with E-state index in [1.54, 1.807) is 11.1 Å². The van der Waals surface area contributed by atoms with Gasteiger partial charge in [-0.25, -0.2) is 0 Å². The summed E-state index contributed by atoms with van der Waals surface area (Å²) >= 11 is 0. The van der Waals surface area contributed by atoms with Crippen molar-refractivity contribution in [2.45, 2.75) is 66.2 Å². The molecule has 0 radical (unpaired) electrons. The van der Waals surface area contributed by atoms with E-state index in [2.05, 4.69) is 64.4 Å². The number of nitrogens with zero attached hydrogens (tertiary/aromatic N) is 1. The Morgan fingerprint density at radius 2 is 1.88 bits per heavy atom. The van der Waals surface area contributed by atoms with E-state index in [9.17, 15) is 0 Å². The summed E-state index contributed by atoms with van der Waals surface area (Å²) in [5.41, 5.74) is 6.78. The van der Waals surface area contributed by atoms with Crippen molar-refractivity contribution in [2.24, 2.45) is 42.1 Å². The molecule has 3 aliphatic rings. The second-order valence-corrected chi connectivity index (χ2v) is 10.4. The van der Waals surface area contributed by atoms with Crippen molar-refractivity contribution in [3.05, 3.63) is 35.0 Å². The van der Waals surface area contributed by atoms with E-state index in [-0.39, 0.29) is 0 Å². The molecule has 7 atom stereocenters. The van der Waals surface area contributed by atoms with Crippen LogP contribution in [0.2, 0.25) is 0 Å². The third-order valence-corrected chi connectivity index (χ3v) is 9.42. The number of fused-ring (bicyclic) bond motifs is 7. The molecule has 1 aromatic carbocycles. The van der Waals surface area contributed by atoms with Crippen molar-refractivity contribution in [1.29, 1.82) is 0 Å². The van der Waals surface area contributed by atoms with Gasteiger partial charge in [-0.1, -0.05) is 33.8 Å². The Morgan fingerprint density at radius 1 is 1.12 bits per heavy atom. The van der Waals surface area contributed by atoms with E-state index in [1.165, 1.54) is 42.3 Å². The third kappa shape index (κ3) is 1.98. The van der Waals surface area contributed by atoms with Crippen molar-refractivity contribution in [1.82, 2.24) is 4.57 Å². The predicted molar refractivity (Wildman–Crippen MR) is 111 cm³/mol. The zero-order valence-corrected chi connectivity index (χ0v) is 17.5. The lowest BCUT2D eigenvalue weighted by molar-refractivity contribution is -0.000117. The number of aryl methyl sites for hydroxylation is 3. The van der Waals surface area contributed by atoms with Crippen molar-refractivity contribution >= 4 is 10.9 Å². The van der Waals surface area contributed by atoms with E-state index >= 15 is 0 Å². The van der Waals surface area contributed by atoms with Gasteiger partial charge >= 0.3 is 0 Å². The largest absolute Gasteiger partial charge is 0.348 e. The Morgan fingerprint density at radius 3 is 2.65 bits per heavy atom. The van der Waals surface area contributed by atoms with Gasteiger partial charge in [0.25, 0.3) is 0 Å². The molecule has 0 N–H and O–H groups in total. The molecule has 1 heteroatoms. The van der Waals surface area contributed by atoms with E-state index in [4.69, 9.17) is 0 Å². The summed E-state index contributed by atoms with van der Waals surface area (Å²) in [5, 5.41) is 1.54. The minimum atomic E-state index is 0.574. The van der Waals surface area contributed by atoms with Crippen molar-refractivity contribution in [3.63, 3.8) is 0 Å². The topological polar surface area (TPSA) is 4.93 Å². The van der Waals surface area contributed by atoms with E-state index < -0.39 is 0 Å². The first kappa shape index (κ1) is 16.9. The minimum absolute atomic E-state index is 0.574. The van der Waals surface area contributed by atoms with Gasteiger partial charge in [0.15, 0.2) is 0 Å². The molecule has 1 heterocycles. The number of hydrogen-bond acceptors (Lipinski definition) is 0. The molecule has 3 aliphatic carbocycles. The highest BCUT2D eigenvalue weighted by Gasteiger charge is 2.57. The Labute approximate surface area is 159 Å². The smallest absolute Gasteiger partial charge is 0.0482 e. The predicted octanol–water partition coefficient (Wildman–Crippen LogP) is 6.47. The number of rotatable bonds is 0. The Kier molecular flexibility index (Phi) is 3.51. The summed E-state index contributed by atoms with van der Waals surface area (Å²) in [7, 11) is 2.21. The van der Waals surface area contributed by atoms with Crippen LogP contribution >= 0.6 is 0 Å². The van der Waals surface area contributed by atoms with Gasteiger partial charge in [0.1, 0.15) is 0 Å². The fourth-order valence-electron chi connectivity index (χ4n) is 7.79. The van der Waals surface area contributed by atoms with Crippen LogP contribution in [-0.4, -0.2) is 4.57 Å². The maximum atomic E-state index is 2.64. The molecule has 0 amide bonds. The fraction of sp³-hybridized carbons (Fsp3) is 0.680. The molecule has 2 saturated carbocycles. The second kappa shape index (κ2) is 5.40. The maximum absolute atomic E-state index is 2.64. The summed E-state index contributed by atoms with van der Waals surface area (Å²) in [6.07, 6.45) is 5.59. The van der Waals surface area contributed by atoms with Crippen LogP contribution in [-0.2, 0) is 13.5 Å². The number of hydrogen-bond donors (Lipinski definition) is 0. The monoisotopic (exact) mass is 349 g/mol. The van der Waals surface area contributed by atoms with Crippen LogP contribution in [0, 0.1) is 41.9 Å². The molecule has 26 heavy (non-hydrogen) atoms. The molecule has 6 unspecified atom stereocenters. The van der Waals surface area contributed by atoms with Gasteiger partial charge in [-0.2, -0.15) is 0 Å². The van der Waals surface area contributed by atoms with Gasteiger partial charge in [0.2, 0.25) is 0 Å². The van der Waals surface area contributed by atoms with Gasteiger partial charge in [0.05, 0.1) is 0 Å². The molecular weight excluding hydrogens is 314 g/mol. The molecule has 140 valence electrons. The molecule has 1 aromatic heterocycles. The van der Waals surface area contributed by atoms with E-state index in [0.29, 0.717) is 5.41 Å². The highest BCUT2D eigenvalue weighted by Crippen LogP contribution is 2.65. The Hall–Kier alpha value is -1.24. The first-order valence-electron chi connectivity index (χ1n) is 10.9. The lowest BCUT2D eigenvalue weighted by Crippen LogP contribution is -2.45. The standard InChI is InChI=1S/C25H35N/c1-14-11-22-20-8-7-18-19(9-10-23-21(18)12-16(3)26(23)6)24(20)15(2)13-25(22,5)17(14)4/h9-10,12,14-15,17,20,22,24H,7-8,11,13H2,1-6H3/t14?,15?,17?,20?,22?,24?,25-/m1/s1. The van der Waals surface area contributed by atoms with Crippen LogP contribution in [0.5, 0.6) is 0 Å². The number of aromatic nitrogens is 1. The zero-order chi connectivity index (χ0) is 18.4. The molecular formula is C25H35N. The third-order valence-electron chi connectivity index (χ3n) is 9.42. The van der Waals surface area contributed by atoms with Crippen LogP contribution in [0.1, 0.15) is 69.7 Å². The lowest BCUT2D eigenvalue weighted by atomic mass is 9.51. The van der Waals surface area contributed by atoms with Crippen LogP contribution in [0.3, 0.4) is 0 Å². The average Bonchev–Trinajstić information content (AvgIpc) is 3.02. The summed E-state index contributed by atoms with van der Waals surface area (Å²) in [6.45, 7) is 12.5. The highest BCUT2D eigenvalue weighted by molar-refractivity contribution is 5.86. The second-order valence-electron chi connectivity index (χ2n) is 10.4. The Balaban J connectivity index is 1.63. The Bertz CT molecular complexity index is 874. The average molecular weight is 350 g/mol. The van der Waals surface area contributed by atoms with Gasteiger partial charge in [0, 0.05) is 23.6 Å². The normalized spacial score (nSPS) is 41.8.